The van der Waals surface area contributed by atoms with Gasteiger partial charge in [-0.2, -0.15) is 5.10 Å². The number of anilines is 1. The van der Waals surface area contributed by atoms with Gasteiger partial charge in [0.2, 0.25) is 0 Å². The SMILES string of the molecule is CSc1c(O)cccc1-c1cnn(C)c1N. The van der Waals surface area contributed by atoms with Gasteiger partial charge >= 0.3 is 0 Å². The monoisotopic (exact) mass is 235 g/mol. The normalized spacial score (nSPS) is 10.6. The summed E-state index contributed by atoms with van der Waals surface area (Å²) < 4.78 is 1.61. The number of hydrogen-bond acceptors (Lipinski definition) is 4. The van der Waals surface area contributed by atoms with Gasteiger partial charge in [0.15, 0.2) is 0 Å². The molecule has 2 aromatic rings. The molecule has 1 aromatic heterocycles. The molecule has 16 heavy (non-hydrogen) atoms. The molecule has 3 N–H and O–H groups in total. The topological polar surface area (TPSA) is 64.1 Å². The van der Waals surface area contributed by atoms with E-state index in [0.29, 0.717) is 5.82 Å². The summed E-state index contributed by atoms with van der Waals surface area (Å²) in [4.78, 5) is 0.821. The van der Waals surface area contributed by atoms with E-state index in [1.165, 1.54) is 11.8 Å². The fraction of sp³-hybridized carbons (Fsp3) is 0.182. The highest BCUT2D eigenvalue weighted by atomic mass is 32.2. The van der Waals surface area contributed by atoms with Crippen LogP contribution in [0.1, 0.15) is 0 Å². The number of benzene rings is 1. The molecule has 0 fully saturated rings. The van der Waals surface area contributed by atoms with Gasteiger partial charge in [-0.15, -0.1) is 11.8 Å². The van der Waals surface area contributed by atoms with Gasteiger partial charge in [-0.1, -0.05) is 12.1 Å². The van der Waals surface area contributed by atoms with E-state index < -0.39 is 0 Å². The molecule has 0 aliphatic rings. The molecule has 1 heterocycles. The molecule has 0 saturated carbocycles. The Morgan fingerprint density at radius 2 is 2.12 bits per heavy atom. The van der Waals surface area contributed by atoms with E-state index in [0.717, 1.165) is 16.0 Å². The zero-order chi connectivity index (χ0) is 11.7. The Kier molecular flexibility index (Phi) is 2.78. The fourth-order valence-corrected chi connectivity index (χ4v) is 2.28. The molecule has 1 aromatic carbocycles. The highest BCUT2D eigenvalue weighted by Gasteiger charge is 2.13. The van der Waals surface area contributed by atoms with Gasteiger partial charge in [-0.25, -0.2) is 0 Å². The lowest BCUT2D eigenvalue weighted by Gasteiger charge is -2.08. The maximum absolute atomic E-state index is 9.76. The Bertz CT molecular complexity index is 522. The third kappa shape index (κ3) is 1.63. The Balaban J connectivity index is 2.64. The lowest BCUT2D eigenvalue weighted by Crippen LogP contribution is -1.98. The molecule has 0 saturated heterocycles. The maximum Gasteiger partial charge on any atom is 0.129 e. The van der Waals surface area contributed by atoms with E-state index in [1.54, 1.807) is 30.1 Å². The first kappa shape index (κ1) is 10.9. The zero-order valence-electron chi connectivity index (χ0n) is 9.14. The smallest absolute Gasteiger partial charge is 0.129 e. The number of rotatable bonds is 2. The Morgan fingerprint density at radius 1 is 1.38 bits per heavy atom. The highest BCUT2D eigenvalue weighted by molar-refractivity contribution is 7.98. The quantitative estimate of drug-likeness (QED) is 0.782. The largest absolute Gasteiger partial charge is 0.507 e. The first-order valence-electron chi connectivity index (χ1n) is 4.79. The average Bonchev–Trinajstić information content (AvgIpc) is 2.59. The number of aryl methyl sites for hydroxylation is 1. The summed E-state index contributed by atoms with van der Waals surface area (Å²) in [5, 5.41) is 13.9. The van der Waals surface area contributed by atoms with Crippen molar-refractivity contribution in [3.8, 4) is 16.9 Å². The first-order valence-corrected chi connectivity index (χ1v) is 6.01. The van der Waals surface area contributed by atoms with E-state index in [-0.39, 0.29) is 5.75 Å². The summed E-state index contributed by atoms with van der Waals surface area (Å²) in [6.45, 7) is 0. The third-order valence-electron chi connectivity index (χ3n) is 2.47. The van der Waals surface area contributed by atoms with Gasteiger partial charge in [0.25, 0.3) is 0 Å². The minimum atomic E-state index is 0.272. The van der Waals surface area contributed by atoms with Crippen molar-refractivity contribution in [1.29, 1.82) is 0 Å². The first-order chi connectivity index (χ1) is 7.65. The van der Waals surface area contributed by atoms with Crippen LogP contribution in [0.25, 0.3) is 11.1 Å². The van der Waals surface area contributed by atoms with Crippen molar-refractivity contribution < 1.29 is 5.11 Å². The molecule has 5 heteroatoms. The van der Waals surface area contributed by atoms with Gasteiger partial charge in [0.05, 0.1) is 11.1 Å². The minimum Gasteiger partial charge on any atom is -0.507 e. The van der Waals surface area contributed by atoms with Crippen LogP contribution < -0.4 is 5.73 Å². The molecule has 0 atom stereocenters. The van der Waals surface area contributed by atoms with Crippen molar-refractivity contribution in [2.24, 2.45) is 7.05 Å². The van der Waals surface area contributed by atoms with Gasteiger partial charge in [-0.05, 0) is 12.3 Å². The molecule has 2 rings (SSSR count). The molecule has 0 bridgehead atoms. The van der Waals surface area contributed by atoms with E-state index in [2.05, 4.69) is 5.10 Å². The molecule has 0 unspecified atom stereocenters. The van der Waals surface area contributed by atoms with E-state index in [1.807, 2.05) is 12.3 Å². The average molecular weight is 235 g/mol. The number of aromatic nitrogens is 2. The van der Waals surface area contributed by atoms with Crippen LogP contribution in [0.4, 0.5) is 5.82 Å². The Hall–Kier alpha value is -1.62. The van der Waals surface area contributed by atoms with Crippen molar-refractivity contribution in [2.75, 3.05) is 12.0 Å². The number of nitrogens with two attached hydrogens (primary N) is 1. The summed E-state index contributed by atoms with van der Waals surface area (Å²) in [5.41, 5.74) is 7.68. The second-order valence-electron chi connectivity index (χ2n) is 3.43. The number of aromatic hydroxyl groups is 1. The summed E-state index contributed by atoms with van der Waals surface area (Å²) in [6, 6.07) is 5.40. The lowest BCUT2D eigenvalue weighted by molar-refractivity contribution is 0.463. The van der Waals surface area contributed by atoms with Gasteiger partial charge in [-0.3, -0.25) is 4.68 Å². The van der Waals surface area contributed by atoms with E-state index in [9.17, 15) is 5.11 Å². The third-order valence-corrected chi connectivity index (χ3v) is 3.31. The maximum atomic E-state index is 9.76. The summed E-state index contributed by atoms with van der Waals surface area (Å²) in [7, 11) is 1.79. The molecular weight excluding hydrogens is 222 g/mol. The number of hydrogen-bond donors (Lipinski definition) is 2. The van der Waals surface area contributed by atoms with E-state index >= 15 is 0 Å². The van der Waals surface area contributed by atoms with Crippen LogP contribution in [0, 0.1) is 0 Å². The fourth-order valence-electron chi connectivity index (χ4n) is 1.61. The Morgan fingerprint density at radius 3 is 2.69 bits per heavy atom. The van der Waals surface area contributed by atoms with Crippen molar-refractivity contribution in [3.05, 3.63) is 24.4 Å². The molecule has 84 valence electrons. The van der Waals surface area contributed by atoms with Crippen LogP contribution >= 0.6 is 11.8 Å². The number of thioether (sulfide) groups is 1. The van der Waals surface area contributed by atoms with Crippen LogP contribution in [0.5, 0.6) is 5.75 Å². The molecule has 0 radical (unpaired) electrons. The van der Waals surface area contributed by atoms with Crippen molar-refractivity contribution >= 4 is 17.6 Å². The predicted octanol–water partition coefficient (Wildman–Crippen LogP) is 2.10. The van der Waals surface area contributed by atoms with E-state index in [4.69, 9.17) is 5.73 Å². The van der Waals surface area contributed by atoms with Crippen molar-refractivity contribution in [3.63, 3.8) is 0 Å². The van der Waals surface area contributed by atoms with Crippen LogP contribution in [-0.2, 0) is 7.05 Å². The van der Waals surface area contributed by atoms with Crippen LogP contribution in [0.3, 0.4) is 0 Å². The molecular formula is C11H13N3OS. The zero-order valence-corrected chi connectivity index (χ0v) is 9.95. The standard InChI is InChI=1S/C11H13N3OS/c1-14-11(12)8(6-13-14)7-4-3-5-9(15)10(7)16-2/h3-6,15H,12H2,1-2H3. The predicted molar refractivity (Wildman–Crippen MR) is 66.5 cm³/mol. The van der Waals surface area contributed by atoms with Crippen LogP contribution in [0.2, 0.25) is 0 Å². The summed E-state index contributed by atoms with van der Waals surface area (Å²) in [5.74, 6) is 0.870. The second-order valence-corrected chi connectivity index (χ2v) is 4.24. The van der Waals surface area contributed by atoms with Crippen molar-refractivity contribution in [1.82, 2.24) is 9.78 Å². The Labute approximate surface area is 98.1 Å². The molecule has 4 nitrogen and oxygen atoms in total. The van der Waals surface area contributed by atoms with Crippen molar-refractivity contribution in [2.45, 2.75) is 4.90 Å². The van der Waals surface area contributed by atoms with Gasteiger partial charge in [0.1, 0.15) is 11.6 Å². The number of nitrogen functional groups attached to an aromatic ring is 1. The summed E-state index contributed by atoms with van der Waals surface area (Å²) >= 11 is 1.49. The number of nitrogens with zero attached hydrogens (tertiary/aromatic N) is 2. The number of phenols is 1. The van der Waals surface area contributed by atoms with Crippen LogP contribution in [-0.4, -0.2) is 21.1 Å². The van der Waals surface area contributed by atoms with Gasteiger partial charge in [0, 0.05) is 18.2 Å². The van der Waals surface area contributed by atoms with Crippen LogP contribution in [0.15, 0.2) is 29.3 Å². The molecule has 0 aliphatic carbocycles. The van der Waals surface area contributed by atoms with Gasteiger partial charge < -0.3 is 10.8 Å². The number of phenolic OH excluding ortho intramolecular Hbond substituents is 1. The molecule has 0 aliphatic heterocycles. The molecule has 0 amide bonds. The minimum absolute atomic E-state index is 0.272. The summed E-state index contributed by atoms with van der Waals surface area (Å²) in [6.07, 6.45) is 3.63. The molecule has 0 spiro atoms. The lowest BCUT2D eigenvalue weighted by atomic mass is 10.1. The highest BCUT2D eigenvalue weighted by Crippen LogP contribution is 2.38. The second kappa shape index (κ2) is 4.09.